The quantitative estimate of drug-likeness (QED) is 0.881. The summed E-state index contributed by atoms with van der Waals surface area (Å²) in [5.41, 5.74) is 1.06. The molecular formula is C18H27NO4S. The molecule has 0 bridgehead atoms. The summed E-state index contributed by atoms with van der Waals surface area (Å²) in [6, 6.07) is 6.46. The summed E-state index contributed by atoms with van der Waals surface area (Å²) in [4.78, 5) is 13.4. The number of carbonyl (C=O) groups is 1. The maximum Gasteiger partial charge on any atom is 0.320 e. The fourth-order valence-electron chi connectivity index (χ4n) is 3.06. The van der Waals surface area contributed by atoms with Crippen LogP contribution < -0.4 is 0 Å². The van der Waals surface area contributed by atoms with Gasteiger partial charge in [-0.3, -0.25) is 9.69 Å². The van der Waals surface area contributed by atoms with E-state index in [9.17, 15) is 18.3 Å². The Morgan fingerprint density at radius 1 is 1.21 bits per heavy atom. The van der Waals surface area contributed by atoms with Crippen molar-refractivity contribution in [1.82, 2.24) is 4.90 Å². The van der Waals surface area contributed by atoms with Crippen molar-refractivity contribution in [3.63, 3.8) is 0 Å². The number of nitrogens with zero attached hydrogens (tertiary/aromatic N) is 1. The molecular weight excluding hydrogens is 326 g/mol. The molecule has 1 N–H and O–H groups in total. The standard InChI is InChI=1S/C18H27NO4S/c1-18(2,3)14-7-9-15(10-8-14)24(22,23)13-12-19-11-5-4-6-16(19)17(20)21/h7-10,16H,4-6,11-13H2,1-3H3,(H,20,21). The third-order valence-electron chi connectivity index (χ3n) is 4.63. The van der Waals surface area contributed by atoms with Crippen molar-refractivity contribution in [2.45, 2.75) is 56.4 Å². The Labute approximate surface area is 144 Å². The van der Waals surface area contributed by atoms with Crippen molar-refractivity contribution in [3.8, 4) is 0 Å². The Balaban J connectivity index is 2.06. The number of benzene rings is 1. The second-order valence-corrected chi connectivity index (χ2v) is 9.59. The Morgan fingerprint density at radius 2 is 1.83 bits per heavy atom. The minimum absolute atomic E-state index is 0.0230. The third-order valence-corrected chi connectivity index (χ3v) is 6.34. The Hall–Kier alpha value is -1.40. The Kier molecular flexibility index (Phi) is 5.71. The Morgan fingerprint density at radius 3 is 2.38 bits per heavy atom. The minimum Gasteiger partial charge on any atom is -0.480 e. The molecule has 1 aliphatic rings. The molecule has 1 unspecified atom stereocenters. The molecule has 0 amide bonds. The summed E-state index contributed by atoms with van der Waals surface area (Å²) in [6.45, 7) is 7.16. The van der Waals surface area contributed by atoms with E-state index in [1.807, 2.05) is 12.1 Å². The number of hydrogen-bond donors (Lipinski definition) is 1. The van der Waals surface area contributed by atoms with Crippen LogP contribution in [0.1, 0.15) is 45.6 Å². The van der Waals surface area contributed by atoms with E-state index in [-0.39, 0.29) is 17.7 Å². The number of sulfone groups is 1. The van der Waals surface area contributed by atoms with E-state index >= 15 is 0 Å². The third kappa shape index (κ3) is 4.57. The molecule has 1 aromatic carbocycles. The lowest BCUT2D eigenvalue weighted by Crippen LogP contribution is -2.46. The van der Waals surface area contributed by atoms with Crippen LogP contribution in [0.3, 0.4) is 0 Å². The fourth-order valence-corrected chi connectivity index (χ4v) is 4.32. The SMILES string of the molecule is CC(C)(C)c1ccc(S(=O)(=O)CCN2CCCCC2C(=O)O)cc1. The second-order valence-electron chi connectivity index (χ2n) is 7.48. The summed E-state index contributed by atoms with van der Waals surface area (Å²) in [5, 5.41) is 9.27. The number of rotatable bonds is 5. The van der Waals surface area contributed by atoms with Crippen molar-refractivity contribution >= 4 is 15.8 Å². The maximum atomic E-state index is 12.5. The van der Waals surface area contributed by atoms with Crippen LogP contribution in [0.15, 0.2) is 29.2 Å². The predicted molar refractivity (Wildman–Crippen MR) is 94.0 cm³/mol. The topological polar surface area (TPSA) is 74.7 Å². The molecule has 24 heavy (non-hydrogen) atoms. The van der Waals surface area contributed by atoms with Gasteiger partial charge in [0.25, 0.3) is 0 Å². The molecule has 1 atom stereocenters. The Bertz CT molecular complexity index is 674. The van der Waals surface area contributed by atoms with E-state index in [4.69, 9.17) is 0 Å². The van der Waals surface area contributed by atoms with Crippen molar-refractivity contribution in [2.75, 3.05) is 18.8 Å². The lowest BCUT2D eigenvalue weighted by Gasteiger charge is -2.32. The smallest absolute Gasteiger partial charge is 0.320 e. The van der Waals surface area contributed by atoms with Crippen molar-refractivity contribution in [3.05, 3.63) is 29.8 Å². The molecule has 134 valence electrons. The van der Waals surface area contributed by atoms with Crippen LogP contribution in [0.25, 0.3) is 0 Å². The first kappa shape index (κ1) is 18.9. The lowest BCUT2D eigenvalue weighted by molar-refractivity contribution is -0.144. The average Bonchev–Trinajstić information content (AvgIpc) is 2.52. The van der Waals surface area contributed by atoms with E-state index in [2.05, 4.69) is 20.8 Å². The van der Waals surface area contributed by atoms with E-state index in [1.54, 1.807) is 17.0 Å². The maximum absolute atomic E-state index is 12.5. The number of hydrogen-bond acceptors (Lipinski definition) is 4. The van der Waals surface area contributed by atoms with Gasteiger partial charge in [0.1, 0.15) is 6.04 Å². The zero-order valence-corrected chi connectivity index (χ0v) is 15.5. The van der Waals surface area contributed by atoms with Gasteiger partial charge >= 0.3 is 5.97 Å². The van der Waals surface area contributed by atoms with Gasteiger partial charge in [0, 0.05) is 6.54 Å². The average molecular weight is 353 g/mol. The number of likely N-dealkylation sites (tertiary alicyclic amines) is 1. The molecule has 1 fully saturated rings. The van der Waals surface area contributed by atoms with Gasteiger partial charge in [0.2, 0.25) is 0 Å². The molecule has 6 heteroatoms. The van der Waals surface area contributed by atoms with Crippen LogP contribution in [0, 0.1) is 0 Å². The summed E-state index contributed by atoms with van der Waals surface area (Å²) in [7, 11) is -3.41. The summed E-state index contributed by atoms with van der Waals surface area (Å²) < 4.78 is 25.1. The zero-order valence-electron chi connectivity index (χ0n) is 14.7. The molecule has 1 aromatic rings. The van der Waals surface area contributed by atoms with Crippen LogP contribution in [-0.4, -0.2) is 49.3 Å². The first-order valence-corrected chi connectivity index (χ1v) is 10.1. The van der Waals surface area contributed by atoms with Gasteiger partial charge in [-0.05, 0) is 42.5 Å². The molecule has 5 nitrogen and oxygen atoms in total. The van der Waals surface area contributed by atoms with E-state index in [1.165, 1.54) is 0 Å². The highest BCUT2D eigenvalue weighted by Crippen LogP contribution is 2.24. The van der Waals surface area contributed by atoms with Gasteiger partial charge in [0.05, 0.1) is 10.6 Å². The molecule has 2 rings (SSSR count). The molecule has 1 heterocycles. The lowest BCUT2D eigenvalue weighted by atomic mass is 9.87. The number of piperidine rings is 1. The van der Waals surface area contributed by atoms with Crippen LogP contribution >= 0.6 is 0 Å². The molecule has 0 saturated carbocycles. The predicted octanol–water partition coefficient (Wildman–Crippen LogP) is 2.70. The number of carboxylic acid groups (broad SMARTS) is 1. The van der Waals surface area contributed by atoms with Crippen LogP contribution in [0.4, 0.5) is 0 Å². The van der Waals surface area contributed by atoms with Crippen molar-refractivity contribution in [1.29, 1.82) is 0 Å². The highest BCUT2D eigenvalue weighted by Gasteiger charge is 2.29. The minimum atomic E-state index is -3.41. The molecule has 0 aromatic heterocycles. The van der Waals surface area contributed by atoms with Gasteiger partial charge < -0.3 is 5.11 Å². The summed E-state index contributed by atoms with van der Waals surface area (Å²) >= 11 is 0. The van der Waals surface area contributed by atoms with Crippen LogP contribution in [-0.2, 0) is 20.0 Å². The monoisotopic (exact) mass is 353 g/mol. The van der Waals surface area contributed by atoms with Gasteiger partial charge in [0.15, 0.2) is 9.84 Å². The zero-order chi connectivity index (χ0) is 18.0. The normalized spacial score (nSPS) is 20.0. The van der Waals surface area contributed by atoms with Crippen molar-refractivity contribution in [2.24, 2.45) is 0 Å². The van der Waals surface area contributed by atoms with Gasteiger partial charge in [-0.1, -0.05) is 39.3 Å². The molecule has 1 aliphatic heterocycles. The van der Waals surface area contributed by atoms with Crippen LogP contribution in [0.2, 0.25) is 0 Å². The number of aliphatic carboxylic acids is 1. The van der Waals surface area contributed by atoms with Gasteiger partial charge in [-0.25, -0.2) is 8.42 Å². The van der Waals surface area contributed by atoms with E-state index in [0.717, 1.165) is 18.4 Å². The molecule has 0 aliphatic carbocycles. The number of carboxylic acids is 1. The second kappa shape index (κ2) is 7.23. The van der Waals surface area contributed by atoms with Gasteiger partial charge in [-0.15, -0.1) is 0 Å². The highest BCUT2D eigenvalue weighted by atomic mass is 32.2. The molecule has 0 radical (unpaired) electrons. The highest BCUT2D eigenvalue weighted by molar-refractivity contribution is 7.91. The van der Waals surface area contributed by atoms with Crippen LogP contribution in [0.5, 0.6) is 0 Å². The summed E-state index contributed by atoms with van der Waals surface area (Å²) in [6.07, 6.45) is 2.40. The first-order valence-electron chi connectivity index (χ1n) is 8.41. The van der Waals surface area contributed by atoms with Crippen molar-refractivity contribution < 1.29 is 18.3 Å². The van der Waals surface area contributed by atoms with E-state index in [0.29, 0.717) is 17.9 Å². The molecule has 1 saturated heterocycles. The van der Waals surface area contributed by atoms with E-state index < -0.39 is 21.8 Å². The van der Waals surface area contributed by atoms with Gasteiger partial charge in [-0.2, -0.15) is 0 Å². The first-order chi connectivity index (χ1) is 11.1. The summed E-state index contributed by atoms with van der Waals surface area (Å²) in [5.74, 6) is -0.910. The molecule has 0 spiro atoms. The fraction of sp³-hybridized carbons (Fsp3) is 0.611. The largest absolute Gasteiger partial charge is 0.480 e.